The summed E-state index contributed by atoms with van der Waals surface area (Å²) < 4.78 is 9.66. The van der Waals surface area contributed by atoms with Gasteiger partial charge in [0, 0.05) is 30.6 Å². The van der Waals surface area contributed by atoms with Crippen LogP contribution in [0.3, 0.4) is 0 Å². The Kier molecular flexibility index (Phi) is 3.84. The molecule has 3 aliphatic rings. The van der Waals surface area contributed by atoms with Crippen molar-refractivity contribution >= 4 is 35.2 Å². The minimum absolute atomic E-state index is 0.216. The number of rotatable bonds is 3. The first-order valence-electron chi connectivity index (χ1n) is 6.53. The number of ketones is 1. The Labute approximate surface area is 130 Å². The summed E-state index contributed by atoms with van der Waals surface area (Å²) in [6, 6.07) is 0. The van der Waals surface area contributed by atoms with Gasteiger partial charge in [-0.05, 0) is 5.41 Å². The van der Waals surface area contributed by atoms with Gasteiger partial charge in [0.1, 0.15) is 5.76 Å². The lowest BCUT2D eigenvalue weighted by molar-refractivity contribution is -0.155. The van der Waals surface area contributed by atoms with Gasteiger partial charge in [0.15, 0.2) is 12.4 Å². The molecular formula is C14H12N2O5S. The maximum atomic E-state index is 12.1. The van der Waals surface area contributed by atoms with Gasteiger partial charge in [0.25, 0.3) is 0 Å². The van der Waals surface area contributed by atoms with Crippen molar-refractivity contribution in [1.82, 2.24) is 5.43 Å². The summed E-state index contributed by atoms with van der Waals surface area (Å²) in [7, 11) is 0. The van der Waals surface area contributed by atoms with E-state index in [9.17, 15) is 14.4 Å². The van der Waals surface area contributed by atoms with Crippen molar-refractivity contribution in [1.29, 1.82) is 0 Å². The van der Waals surface area contributed by atoms with Crippen LogP contribution < -0.4 is 5.43 Å². The fourth-order valence-electron chi connectivity index (χ4n) is 2.24. The molecular weight excluding hydrogens is 308 g/mol. The van der Waals surface area contributed by atoms with E-state index in [2.05, 4.69) is 15.3 Å². The standard InChI is InChI=1S/C14H12N2O5S/c1-7(17)20-5-12(19)21-9-2-10-13-8(4-15-16-13)6-22-14(10)11(18)3-9/h3,6,15H,2,4-5H2,1H3. The van der Waals surface area contributed by atoms with Crippen LogP contribution in [0, 0.1) is 0 Å². The zero-order chi connectivity index (χ0) is 15.7. The molecule has 0 saturated carbocycles. The highest BCUT2D eigenvalue weighted by Crippen LogP contribution is 2.38. The average Bonchev–Trinajstić information content (AvgIpc) is 2.94. The third-order valence-electron chi connectivity index (χ3n) is 3.15. The van der Waals surface area contributed by atoms with Crippen molar-refractivity contribution in [2.24, 2.45) is 5.10 Å². The van der Waals surface area contributed by atoms with Crippen molar-refractivity contribution in [2.45, 2.75) is 13.3 Å². The Hall–Kier alpha value is -2.35. The lowest BCUT2D eigenvalue weighted by Gasteiger charge is -2.22. The zero-order valence-electron chi connectivity index (χ0n) is 11.7. The van der Waals surface area contributed by atoms with Crippen LogP contribution in [0.2, 0.25) is 0 Å². The van der Waals surface area contributed by atoms with Gasteiger partial charge in [-0.1, -0.05) is 11.8 Å². The first-order chi connectivity index (χ1) is 10.5. The van der Waals surface area contributed by atoms with Crippen LogP contribution in [0.1, 0.15) is 13.3 Å². The van der Waals surface area contributed by atoms with Crippen molar-refractivity contribution < 1.29 is 23.9 Å². The van der Waals surface area contributed by atoms with E-state index in [-0.39, 0.29) is 11.5 Å². The number of allylic oxidation sites excluding steroid dienone is 3. The molecule has 1 N–H and O–H groups in total. The molecule has 0 saturated heterocycles. The summed E-state index contributed by atoms with van der Waals surface area (Å²) in [5.74, 6) is -1.27. The first kappa shape index (κ1) is 14.6. The second-order valence-corrected chi connectivity index (χ2v) is 5.65. The SMILES string of the molecule is CC(=O)OCC(=O)OC1=CC(=O)C2=C(C1)C1=NNCC1=CS2. The molecule has 2 heterocycles. The van der Waals surface area contributed by atoms with Gasteiger partial charge in [0.2, 0.25) is 0 Å². The molecule has 0 spiro atoms. The van der Waals surface area contributed by atoms with Crippen molar-refractivity contribution in [2.75, 3.05) is 13.2 Å². The molecule has 0 atom stereocenters. The summed E-state index contributed by atoms with van der Waals surface area (Å²) >= 11 is 1.36. The summed E-state index contributed by atoms with van der Waals surface area (Å²) in [4.78, 5) is 35.0. The second kappa shape index (κ2) is 5.80. The zero-order valence-corrected chi connectivity index (χ0v) is 12.5. The van der Waals surface area contributed by atoms with Gasteiger partial charge in [0.05, 0.1) is 17.2 Å². The quantitative estimate of drug-likeness (QED) is 0.768. The molecule has 114 valence electrons. The largest absolute Gasteiger partial charge is 0.454 e. The first-order valence-corrected chi connectivity index (χ1v) is 7.41. The molecule has 1 aliphatic carbocycles. The molecule has 0 aromatic carbocycles. The minimum atomic E-state index is -0.719. The third kappa shape index (κ3) is 2.82. The molecule has 22 heavy (non-hydrogen) atoms. The van der Waals surface area contributed by atoms with E-state index in [1.807, 2.05) is 5.41 Å². The average molecular weight is 320 g/mol. The minimum Gasteiger partial charge on any atom is -0.454 e. The Balaban J connectivity index is 1.71. The van der Waals surface area contributed by atoms with Crippen LogP contribution >= 0.6 is 11.8 Å². The van der Waals surface area contributed by atoms with Crippen LogP contribution in [0.25, 0.3) is 0 Å². The monoisotopic (exact) mass is 320 g/mol. The van der Waals surface area contributed by atoms with E-state index in [0.29, 0.717) is 17.9 Å². The number of thioether (sulfide) groups is 1. The number of hydrogen-bond donors (Lipinski definition) is 1. The number of nitrogens with one attached hydrogen (secondary N) is 1. The molecule has 3 rings (SSSR count). The molecule has 0 bridgehead atoms. The van der Waals surface area contributed by atoms with Gasteiger partial charge in [-0.3, -0.25) is 9.59 Å². The Morgan fingerprint density at radius 1 is 1.45 bits per heavy atom. The van der Waals surface area contributed by atoms with Crippen LogP contribution in [-0.4, -0.2) is 36.6 Å². The van der Waals surface area contributed by atoms with Crippen LogP contribution in [-0.2, 0) is 23.9 Å². The molecule has 0 aromatic rings. The molecule has 8 heteroatoms. The van der Waals surface area contributed by atoms with Crippen molar-refractivity contribution in [3.05, 3.63) is 33.3 Å². The van der Waals surface area contributed by atoms with Gasteiger partial charge >= 0.3 is 11.9 Å². The lowest BCUT2D eigenvalue weighted by atomic mass is 9.95. The van der Waals surface area contributed by atoms with Crippen molar-refractivity contribution in [3.63, 3.8) is 0 Å². The number of carbonyl (C=O) groups excluding carboxylic acids is 3. The molecule has 2 aliphatic heterocycles. The smallest absolute Gasteiger partial charge is 0.349 e. The topological polar surface area (TPSA) is 94.1 Å². The summed E-state index contributed by atoms with van der Waals surface area (Å²) in [5, 5.41) is 6.09. The normalized spacial score (nSPS) is 19.3. The Morgan fingerprint density at radius 3 is 3.05 bits per heavy atom. The third-order valence-corrected chi connectivity index (χ3v) is 4.23. The van der Waals surface area contributed by atoms with Gasteiger partial charge in [-0.25, -0.2) is 4.79 Å². The highest BCUT2D eigenvalue weighted by atomic mass is 32.2. The molecule has 0 fully saturated rings. The number of fused-ring (bicyclic) bond motifs is 2. The van der Waals surface area contributed by atoms with Crippen LogP contribution in [0.15, 0.2) is 38.4 Å². The Morgan fingerprint density at radius 2 is 2.27 bits per heavy atom. The summed E-state index contributed by atoms with van der Waals surface area (Å²) in [6.45, 7) is 1.35. The van der Waals surface area contributed by atoms with Gasteiger partial charge in [-0.2, -0.15) is 5.10 Å². The number of hydrogen-bond acceptors (Lipinski definition) is 8. The fraction of sp³-hybridized carbons (Fsp3) is 0.286. The van der Waals surface area contributed by atoms with E-state index >= 15 is 0 Å². The number of esters is 2. The number of nitrogens with zero attached hydrogens (tertiary/aromatic N) is 1. The lowest BCUT2D eigenvalue weighted by Crippen LogP contribution is -2.21. The van der Waals surface area contributed by atoms with E-state index in [1.165, 1.54) is 24.8 Å². The molecule has 7 nitrogen and oxygen atoms in total. The van der Waals surface area contributed by atoms with Crippen LogP contribution in [0.5, 0.6) is 0 Å². The van der Waals surface area contributed by atoms with E-state index in [4.69, 9.17) is 4.74 Å². The number of hydrazone groups is 1. The number of carbonyl (C=O) groups is 3. The summed E-state index contributed by atoms with van der Waals surface area (Å²) in [5.41, 5.74) is 5.39. The van der Waals surface area contributed by atoms with Crippen LogP contribution in [0.4, 0.5) is 0 Å². The van der Waals surface area contributed by atoms with E-state index in [1.54, 1.807) is 0 Å². The summed E-state index contributed by atoms with van der Waals surface area (Å²) in [6.07, 6.45) is 1.59. The maximum Gasteiger partial charge on any atom is 0.349 e. The second-order valence-electron chi connectivity index (χ2n) is 4.77. The molecule has 0 radical (unpaired) electrons. The predicted molar refractivity (Wildman–Crippen MR) is 78.6 cm³/mol. The van der Waals surface area contributed by atoms with Gasteiger partial charge in [-0.15, -0.1) is 0 Å². The molecule has 0 aromatic heterocycles. The maximum absolute atomic E-state index is 12.1. The van der Waals surface area contributed by atoms with E-state index < -0.39 is 18.5 Å². The van der Waals surface area contributed by atoms with Gasteiger partial charge < -0.3 is 14.9 Å². The fourth-order valence-corrected chi connectivity index (χ4v) is 3.18. The highest BCUT2D eigenvalue weighted by molar-refractivity contribution is 8.06. The Bertz CT molecular complexity index is 702. The molecule has 0 unspecified atom stereocenters. The van der Waals surface area contributed by atoms with Crippen molar-refractivity contribution in [3.8, 4) is 0 Å². The number of ether oxygens (including phenoxy) is 2. The predicted octanol–water partition coefficient (Wildman–Crippen LogP) is 0.793. The van der Waals surface area contributed by atoms with E-state index in [0.717, 1.165) is 16.9 Å². The molecule has 0 amide bonds. The highest BCUT2D eigenvalue weighted by Gasteiger charge is 2.32.